The third-order valence-electron chi connectivity index (χ3n) is 9.21. The number of ether oxygens (including phenoxy) is 3. The molecule has 1 atom stereocenters. The smallest absolute Gasteiger partial charge is 0.200 e. The summed E-state index contributed by atoms with van der Waals surface area (Å²) >= 11 is 0. The Hall–Kier alpha value is -4.00. The van der Waals surface area contributed by atoms with Crippen molar-refractivity contribution in [3.63, 3.8) is 0 Å². The van der Waals surface area contributed by atoms with Gasteiger partial charge in [-0.25, -0.2) is 13.2 Å². The molecule has 0 aliphatic heterocycles. The van der Waals surface area contributed by atoms with Gasteiger partial charge in [0.1, 0.15) is 11.5 Å². The number of hydrogen-bond donors (Lipinski definition) is 0. The van der Waals surface area contributed by atoms with Crippen molar-refractivity contribution in [2.45, 2.75) is 97.8 Å². The molecule has 0 heterocycles. The van der Waals surface area contributed by atoms with E-state index in [9.17, 15) is 17.6 Å². The number of aryl methyl sites for hydroxylation is 5. The lowest BCUT2D eigenvalue weighted by Crippen LogP contribution is -2.02. The fraction of sp³-hybridized carbons (Fsp3) is 0.442. The molecule has 0 aromatic heterocycles. The molecule has 0 fully saturated rings. The zero-order valence-electron chi connectivity index (χ0n) is 29.8. The van der Waals surface area contributed by atoms with Crippen LogP contribution in [0.3, 0.4) is 0 Å². The third kappa shape index (κ3) is 12.4. The highest BCUT2D eigenvalue weighted by Gasteiger charge is 2.14. The van der Waals surface area contributed by atoms with E-state index < -0.39 is 23.3 Å². The summed E-state index contributed by atoms with van der Waals surface area (Å²) in [4.78, 5) is 0. The summed E-state index contributed by atoms with van der Waals surface area (Å²) in [5.74, 6) is -0.930. The summed E-state index contributed by atoms with van der Waals surface area (Å²) < 4.78 is 73.4. The highest BCUT2D eigenvalue weighted by Crippen LogP contribution is 2.25. The minimum absolute atomic E-state index is 0.0478. The van der Waals surface area contributed by atoms with Crippen LogP contribution in [0.5, 0.6) is 17.2 Å². The van der Waals surface area contributed by atoms with Gasteiger partial charge in [-0.2, -0.15) is 4.39 Å². The van der Waals surface area contributed by atoms with Gasteiger partial charge in [0.05, 0.1) is 19.8 Å². The fourth-order valence-electron chi connectivity index (χ4n) is 6.04. The molecule has 0 radical (unpaired) electrons. The Balaban J connectivity index is 0.988. The van der Waals surface area contributed by atoms with Gasteiger partial charge >= 0.3 is 0 Å². The molecule has 1 unspecified atom stereocenters. The molecule has 4 aromatic carbocycles. The molecule has 4 rings (SSSR count). The van der Waals surface area contributed by atoms with Gasteiger partial charge in [-0.3, -0.25) is 0 Å². The van der Waals surface area contributed by atoms with Crippen LogP contribution in [0.25, 0.3) is 0 Å². The van der Waals surface area contributed by atoms with Gasteiger partial charge in [-0.05, 0) is 116 Å². The Kier molecular flexibility index (Phi) is 16.0. The first-order valence-corrected chi connectivity index (χ1v) is 18.2. The second-order valence-corrected chi connectivity index (χ2v) is 13.2. The van der Waals surface area contributed by atoms with Gasteiger partial charge in [-0.1, -0.05) is 87.9 Å². The first-order chi connectivity index (χ1) is 24.2. The van der Waals surface area contributed by atoms with Gasteiger partial charge in [-0.15, -0.1) is 0 Å². The van der Waals surface area contributed by atoms with Crippen molar-refractivity contribution in [2.75, 3.05) is 19.8 Å². The number of halogens is 4. The summed E-state index contributed by atoms with van der Waals surface area (Å²) in [6, 6.07) is 22.1. The van der Waals surface area contributed by atoms with Crippen molar-refractivity contribution in [1.29, 1.82) is 0 Å². The second-order valence-electron chi connectivity index (χ2n) is 13.2. The van der Waals surface area contributed by atoms with E-state index in [1.165, 1.54) is 31.7 Å². The van der Waals surface area contributed by atoms with E-state index in [2.05, 4.69) is 6.92 Å². The van der Waals surface area contributed by atoms with Gasteiger partial charge in [0.25, 0.3) is 0 Å². The number of rotatable bonds is 22. The molecule has 0 amide bonds. The van der Waals surface area contributed by atoms with Crippen LogP contribution in [0.2, 0.25) is 0 Å². The van der Waals surface area contributed by atoms with Crippen LogP contribution < -0.4 is 14.2 Å². The second kappa shape index (κ2) is 20.6. The van der Waals surface area contributed by atoms with E-state index in [1.807, 2.05) is 48.5 Å². The Morgan fingerprint density at radius 3 is 1.48 bits per heavy atom. The number of hydrogen-bond acceptors (Lipinski definition) is 3. The molecule has 0 saturated carbocycles. The van der Waals surface area contributed by atoms with Crippen LogP contribution >= 0.6 is 0 Å². The zero-order chi connectivity index (χ0) is 35.7. The predicted octanol–water partition coefficient (Wildman–Crippen LogP) is 11.7. The molecule has 0 aliphatic rings. The van der Waals surface area contributed by atoms with Crippen molar-refractivity contribution in [2.24, 2.45) is 5.92 Å². The van der Waals surface area contributed by atoms with Crippen molar-refractivity contribution in [3.05, 3.63) is 124 Å². The minimum Gasteiger partial charge on any atom is -0.494 e. The molecule has 0 N–H and O–H groups in total. The van der Waals surface area contributed by atoms with E-state index in [4.69, 9.17) is 14.2 Å². The normalized spacial score (nSPS) is 11.8. The molecule has 7 heteroatoms. The van der Waals surface area contributed by atoms with Crippen LogP contribution in [0.4, 0.5) is 17.6 Å². The van der Waals surface area contributed by atoms with Crippen LogP contribution in [-0.4, -0.2) is 19.8 Å². The van der Waals surface area contributed by atoms with Crippen molar-refractivity contribution < 1.29 is 31.8 Å². The molecule has 0 bridgehead atoms. The highest BCUT2D eigenvalue weighted by atomic mass is 19.2. The van der Waals surface area contributed by atoms with Crippen LogP contribution in [0, 0.1) is 36.1 Å². The lowest BCUT2D eigenvalue weighted by molar-refractivity contribution is 0.297. The predicted molar refractivity (Wildman–Crippen MR) is 193 cm³/mol. The minimum atomic E-state index is -0.922. The van der Waals surface area contributed by atoms with Crippen LogP contribution in [0.1, 0.15) is 93.0 Å². The Morgan fingerprint density at radius 2 is 0.980 bits per heavy atom. The number of unbranched alkanes of at least 4 members (excludes halogenated alkanes) is 4. The summed E-state index contributed by atoms with van der Waals surface area (Å²) in [7, 11) is 0. The summed E-state index contributed by atoms with van der Waals surface area (Å²) in [6.07, 6.45) is 11.3. The average molecular weight is 693 g/mol. The fourth-order valence-corrected chi connectivity index (χ4v) is 6.04. The van der Waals surface area contributed by atoms with Crippen molar-refractivity contribution in [1.82, 2.24) is 0 Å². The topological polar surface area (TPSA) is 27.7 Å². The maximum atomic E-state index is 14.4. The molecule has 270 valence electrons. The SMILES string of the molecule is CCOc1ccc(CCc2ccc(OCCCCCC(C)CCCCCOc3ccc(CCc4ccc(C)c(F)c4F)cc3)cc2)c(F)c1F. The standard InChI is InChI=1S/C43H52F4O3/c1-4-48-39-28-23-36(42(46)43(39)47)22-15-34-18-26-38(27-19-34)50-30-10-6-8-12-31(2)11-7-5-9-29-49-37-24-16-33(17-25-37)14-21-35-20-13-32(3)40(44)41(35)45/h13,16-20,23-28,31H,4-12,14-15,21-22,29-30H2,1-3H3. The van der Waals surface area contributed by atoms with Crippen LogP contribution in [-0.2, 0) is 25.7 Å². The van der Waals surface area contributed by atoms with Crippen molar-refractivity contribution >= 4 is 0 Å². The molecule has 50 heavy (non-hydrogen) atoms. The molecule has 0 aliphatic carbocycles. The molecule has 0 saturated heterocycles. The summed E-state index contributed by atoms with van der Waals surface area (Å²) in [5.41, 5.74) is 3.19. The van der Waals surface area contributed by atoms with E-state index in [0.717, 1.165) is 48.3 Å². The van der Waals surface area contributed by atoms with E-state index in [-0.39, 0.29) is 12.4 Å². The molecule has 0 spiro atoms. The number of benzene rings is 4. The lowest BCUT2D eigenvalue weighted by atomic mass is 9.97. The zero-order valence-corrected chi connectivity index (χ0v) is 29.8. The van der Waals surface area contributed by atoms with Gasteiger partial charge in [0, 0.05) is 0 Å². The van der Waals surface area contributed by atoms with Crippen LogP contribution in [0.15, 0.2) is 72.8 Å². The molecular weight excluding hydrogens is 640 g/mol. The summed E-state index contributed by atoms with van der Waals surface area (Å²) in [5, 5.41) is 0. The largest absolute Gasteiger partial charge is 0.494 e. The van der Waals surface area contributed by atoms with Crippen molar-refractivity contribution in [3.8, 4) is 17.2 Å². The quantitative estimate of drug-likeness (QED) is 0.0606. The molecule has 3 nitrogen and oxygen atoms in total. The highest BCUT2D eigenvalue weighted by molar-refractivity contribution is 5.33. The average Bonchev–Trinajstić information content (AvgIpc) is 3.12. The molecular formula is C43H52F4O3. The Bertz CT molecular complexity index is 1590. The first kappa shape index (κ1) is 38.8. The third-order valence-corrected chi connectivity index (χ3v) is 9.21. The van der Waals surface area contributed by atoms with Gasteiger partial charge in [0.2, 0.25) is 5.82 Å². The first-order valence-electron chi connectivity index (χ1n) is 18.2. The van der Waals surface area contributed by atoms with Gasteiger partial charge < -0.3 is 14.2 Å². The maximum absolute atomic E-state index is 14.4. The van der Waals surface area contributed by atoms with E-state index in [1.54, 1.807) is 32.0 Å². The Morgan fingerprint density at radius 1 is 0.500 bits per heavy atom. The van der Waals surface area contributed by atoms with E-state index in [0.29, 0.717) is 61.5 Å². The van der Waals surface area contributed by atoms with E-state index >= 15 is 0 Å². The van der Waals surface area contributed by atoms with Gasteiger partial charge in [0.15, 0.2) is 23.2 Å². The monoisotopic (exact) mass is 692 g/mol. The summed E-state index contributed by atoms with van der Waals surface area (Å²) in [6.45, 7) is 7.30. The molecule has 4 aromatic rings. The lowest BCUT2D eigenvalue weighted by Gasteiger charge is -2.12. The Labute approximate surface area is 296 Å². The maximum Gasteiger partial charge on any atom is 0.200 e.